The molecule has 0 heterocycles. The number of nitrogens with one attached hydrogen (secondary N) is 1. The molecular weight excluding hydrogens is 236 g/mol. The fraction of sp³-hybridized carbons (Fsp3) is 0.625. The lowest BCUT2D eigenvalue weighted by atomic mass is 10.1. The van der Waals surface area contributed by atoms with Crippen LogP contribution in [0.4, 0.5) is 0 Å². The Balaban J connectivity index is 1.68. The van der Waals surface area contributed by atoms with E-state index in [9.17, 15) is 5.11 Å². The zero-order valence-corrected chi connectivity index (χ0v) is 12.0. The lowest BCUT2D eigenvalue weighted by Gasteiger charge is -2.22. The van der Waals surface area contributed by atoms with Crippen molar-refractivity contribution >= 4 is 0 Å². The summed E-state index contributed by atoms with van der Waals surface area (Å²) in [4.78, 5) is 2.26. The third kappa shape index (κ3) is 4.30. The van der Waals surface area contributed by atoms with Crippen LogP contribution in [0.25, 0.3) is 0 Å². The fourth-order valence-corrected chi connectivity index (χ4v) is 2.62. The zero-order chi connectivity index (χ0) is 13.7. The number of rotatable bonds is 8. The molecule has 0 radical (unpaired) electrons. The first-order valence-electron chi connectivity index (χ1n) is 7.43. The molecule has 3 atom stereocenters. The lowest BCUT2D eigenvalue weighted by Crippen LogP contribution is -2.39. The summed E-state index contributed by atoms with van der Waals surface area (Å²) in [6, 6.07) is 11.2. The van der Waals surface area contributed by atoms with Gasteiger partial charge in [0.1, 0.15) is 0 Å². The van der Waals surface area contributed by atoms with Gasteiger partial charge in [-0.2, -0.15) is 0 Å². The second kappa shape index (κ2) is 7.04. The van der Waals surface area contributed by atoms with Crippen LogP contribution in [0.1, 0.15) is 31.7 Å². The van der Waals surface area contributed by atoms with E-state index >= 15 is 0 Å². The highest BCUT2D eigenvalue weighted by Gasteiger charge is 2.37. The summed E-state index contributed by atoms with van der Waals surface area (Å²) >= 11 is 0. The van der Waals surface area contributed by atoms with Gasteiger partial charge in [-0.3, -0.25) is 0 Å². The van der Waals surface area contributed by atoms with Crippen LogP contribution in [-0.4, -0.2) is 48.3 Å². The molecule has 3 heteroatoms. The van der Waals surface area contributed by atoms with Crippen molar-refractivity contribution in [1.82, 2.24) is 10.2 Å². The molecule has 1 aromatic carbocycles. The summed E-state index contributed by atoms with van der Waals surface area (Å²) in [5.74, 6) is 0.641. The van der Waals surface area contributed by atoms with Gasteiger partial charge in [0.15, 0.2) is 0 Å². The van der Waals surface area contributed by atoms with Crippen LogP contribution >= 0.6 is 0 Å². The van der Waals surface area contributed by atoms with Crippen LogP contribution in [0.3, 0.4) is 0 Å². The van der Waals surface area contributed by atoms with E-state index in [0.29, 0.717) is 18.5 Å². The van der Waals surface area contributed by atoms with Crippen LogP contribution < -0.4 is 5.32 Å². The number of hydrogen-bond acceptors (Lipinski definition) is 3. The molecule has 3 nitrogen and oxygen atoms in total. The summed E-state index contributed by atoms with van der Waals surface area (Å²) in [5.41, 5.74) is 1.42. The molecule has 0 aromatic heterocycles. The van der Waals surface area contributed by atoms with Crippen molar-refractivity contribution in [1.29, 1.82) is 0 Å². The monoisotopic (exact) mass is 262 g/mol. The largest absolute Gasteiger partial charge is 0.390 e. The van der Waals surface area contributed by atoms with Gasteiger partial charge in [0, 0.05) is 25.0 Å². The number of likely N-dealkylation sites (N-methyl/N-ethyl adjacent to an activating group) is 1. The molecule has 1 aromatic rings. The summed E-state index contributed by atoms with van der Waals surface area (Å²) in [6.45, 7) is 7.74. The Hall–Kier alpha value is -0.900. The maximum absolute atomic E-state index is 10.0. The molecule has 3 unspecified atom stereocenters. The Kier molecular flexibility index (Phi) is 5.37. The molecule has 0 amide bonds. The summed E-state index contributed by atoms with van der Waals surface area (Å²) in [6.07, 6.45) is 0.930. The van der Waals surface area contributed by atoms with E-state index in [1.807, 2.05) is 0 Å². The van der Waals surface area contributed by atoms with E-state index in [-0.39, 0.29) is 6.10 Å². The van der Waals surface area contributed by atoms with E-state index in [1.165, 1.54) is 12.0 Å². The van der Waals surface area contributed by atoms with Crippen molar-refractivity contribution in [3.05, 3.63) is 35.9 Å². The third-order valence-electron chi connectivity index (χ3n) is 4.00. The van der Waals surface area contributed by atoms with Crippen LogP contribution in [0.15, 0.2) is 30.3 Å². The normalized spacial score (nSPS) is 23.6. The van der Waals surface area contributed by atoms with Crippen molar-refractivity contribution in [3.8, 4) is 0 Å². The molecule has 2 rings (SSSR count). The Morgan fingerprint density at radius 3 is 2.58 bits per heavy atom. The van der Waals surface area contributed by atoms with Crippen LogP contribution in [0.5, 0.6) is 0 Å². The molecule has 19 heavy (non-hydrogen) atoms. The van der Waals surface area contributed by atoms with Gasteiger partial charge >= 0.3 is 0 Å². The van der Waals surface area contributed by atoms with Gasteiger partial charge in [-0.05, 0) is 25.1 Å². The molecular formula is C16H26N2O. The molecule has 1 aliphatic carbocycles. The predicted molar refractivity (Wildman–Crippen MR) is 79.4 cm³/mol. The number of aliphatic hydroxyl groups excluding tert-OH is 1. The van der Waals surface area contributed by atoms with Gasteiger partial charge < -0.3 is 15.3 Å². The van der Waals surface area contributed by atoms with Gasteiger partial charge in [0.2, 0.25) is 0 Å². The van der Waals surface area contributed by atoms with E-state index in [4.69, 9.17) is 0 Å². The highest BCUT2D eigenvalue weighted by Crippen LogP contribution is 2.40. The van der Waals surface area contributed by atoms with Crippen molar-refractivity contribution in [2.75, 3.05) is 26.2 Å². The summed E-state index contributed by atoms with van der Waals surface area (Å²) in [7, 11) is 0. The van der Waals surface area contributed by atoms with Crippen molar-refractivity contribution in [2.24, 2.45) is 0 Å². The van der Waals surface area contributed by atoms with E-state index in [0.717, 1.165) is 19.6 Å². The van der Waals surface area contributed by atoms with Gasteiger partial charge in [-0.1, -0.05) is 44.2 Å². The SMILES string of the molecule is CCN(CC)CC(O)CNC1CC1c1ccccc1. The predicted octanol–water partition coefficient (Wildman–Crippen LogP) is 1.83. The van der Waals surface area contributed by atoms with Gasteiger partial charge in [0.25, 0.3) is 0 Å². The van der Waals surface area contributed by atoms with E-state index in [1.54, 1.807) is 0 Å². The zero-order valence-electron chi connectivity index (χ0n) is 12.0. The minimum Gasteiger partial charge on any atom is -0.390 e. The molecule has 0 bridgehead atoms. The first-order valence-corrected chi connectivity index (χ1v) is 7.43. The number of nitrogens with zero attached hydrogens (tertiary/aromatic N) is 1. The molecule has 1 fully saturated rings. The van der Waals surface area contributed by atoms with Crippen molar-refractivity contribution < 1.29 is 5.11 Å². The maximum Gasteiger partial charge on any atom is 0.0791 e. The average molecular weight is 262 g/mol. The molecule has 106 valence electrons. The summed E-state index contributed by atoms with van der Waals surface area (Å²) < 4.78 is 0. The van der Waals surface area contributed by atoms with Crippen LogP contribution in [-0.2, 0) is 0 Å². The first kappa shape index (κ1) is 14.5. The smallest absolute Gasteiger partial charge is 0.0791 e. The quantitative estimate of drug-likeness (QED) is 0.750. The number of hydrogen-bond donors (Lipinski definition) is 2. The lowest BCUT2D eigenvalue weighted by molar-refractivity contribution is 0.116. The van der Waals surface area contributed by atoms with Crippen molar-refractivity contribution in [2.45, 2.75) is 38.3 Å². The molecule has 1 saturated carbocycles. The molecule has 0 spiro atoms. The molecule has 1 aliphatic rings. The molecule has 0 saturated heterocycles. The number of aliphatic hydroxyl groups is 1. The van der Waals surface area contributed by atoms with E-state index in [2.05, 4.69) is 54.4 Å². The molecule has 2 N–H and O–H groups in total. The van der Waals surface area contributed by atoms with Crippen molar-refractivity contribution in [3.63, 3.8) is 0 Å². The van der Waals surface area contributed by atoms with Gasteiger partial charge in [0.05, 0.1) is 6.10 Å². The second-order valence-electron chi connectivity index (χ2n) is 5.41. The topological polar surface area (TPSA) is 35.5 Å². The van der Waals surface area contributed by atoms with Gasteiger partial charge in [-0.15, -0.1) is 0 Å². The first-order chi connectivity index (χ1) is 9.24. The Labute approximate surface area is 116 Å². The fourth-order valence-electron chi connectivity index (χ4n) is 2.62. The number of benzene rings is 1. The average Bonchev–Trinajstić information content (AvgIpc) is 3.23. The van der Waals surface area contributed by atoms with E-state index < -0.39 is 0 Å². The highest BCUT2D eigenvalue weighted by atomic mass is 16.3. The standard InChI is InChI=1S/C16H26N2O/c1-3-18(4-2)12-14(19)11-17-16-10-15(16)13-8-6-5-7-9-13/h5-9,14-17,19H,3-4,10-12H2,1-2H3. The Bertz CT molecular complexity index is 364. The maximum atomic E-state index is 10.0. The second-order valence-corrected chi connectivity index (χ2v) is 5.41. The van der Waals surface area contributed by atoms with Crippen LogP contribution in [0.2, 0.25) is 0 Å². The minimum absolute atomic E-state index is 0.267. The Morgan fingerprint density at radius 2 is 1.95 bits per heavy atom. The highest BCUT2D eigenvalue weighted by molar-refractivity contribution is 5.27. The van der Waals surface area contributed by atoms with Crippen LogP contribution in [0, 0.1) is 0 Å². The minimum atomic E-state index is -0.267. The summed E-state index contributed by atoms with van der Waals surface area (Å²) in [5, 5.41) is 13.5. The Morgan fingerprint density at radius 1 is 1.26 bits per heavy atom. The third-order valence-corrected chi connectivity index (χ3v) is 4.00. The molecule has 0 aliphatic heterocycles. The van der Waals surface area contributed by atoms with Gasteiger partial charge in [-0.25, -0.2) is 0 Å².